The smallest absolute Gasteiger partial charge is 0.234 e. The normalized spacial score (nSPS) is 11.1. The minimum Gasteiger partial charge on any atom is -0.358 e. The van der Waals surface area contributed by atoms with E-state index in [0.29, 0.717) is 4.32 Å². The lowest BCUT2D eigenvalue weighted by Gasteiger charge is -2.20. The average Bonchev–Trinajstić information content (AvgIpc) is 2.47. The van der Waals surface area contributed by atoms with Crippen LogP contribution in [0.4, 0.5) is 5.69 Å². The van der Waals surface area contributed by atoms with E-state index in [1.165, 1.54) is 30.0 Å². The van der Waals surface area contributed by atoms with Crippen molar-refractivity contribution in [2.24, 2.45) is 0 Å². The van der Waals surface area contributed by atoms with Crippen molar-refractivity contribution >= 4 is 61.3 Å². The van der Waals surface area contributed by atoms with Crippen LogP contribution >= 0.6 is 35.6 Å². The summed E-state index contributed by atoms with van der Waals surface area (Å²) in [5.74, 6) is -0.161. The highest BCUT2D eigenvalue weighted by Crippen LogP contribution is 2.25. The molecular weight excluding hydrogens is 376 g/mol. The zero-order chi connectivity index (χ0) is 17.6. The number of hydrogen-bond donors (Lipinski definition) is 1. The van der Waals surface area contributed by atoms with Crippen LogP contribution in [0.25, 0.3) is 0 Å². The van der Waals surface area contributed by atoms with Crippen molar-refractivity contribution in [2.45, 2.75) is 18.7 Å². The van der Waals surface area contributed by atoms with E-state index < -0.39 is 9.84 Å². The SMILES string of the molecule is CCN(CC)C(=S)SCC(=O)Nc1cc(S(C)(=O)=O)ccc1Cl. The predicted octanol–water partition coefficient (Wildman–Crippen LogP) is 3.04. The van der Waals surface area contributed by atoms with Crippen LogP contribution in [-0.4, -0.2) is 48.6 Å². The number of thioether (sulfide) groups is 1. The summed E-state index contributed by atoms with van der Waals surface area (Å²) in [5.41, 5.74) is 0.272. The van der Waals surface area contributed by atoms with Crippen molar-refractivity contribution in [3.8, 4) is 0 Å². The van der Waals surface area contributed by atoms with Crippen LogP contribution in [0, 0.1) is 0 Å². The lowest BCUT2D eigenvalue weighted by atomic mass is 10.3. The van der Waals surface area contributed by atoms with Gasteiger partial charge in [-0.3, -0.25) is 4.79 Å². The largest absolute Gasteiger partial charge is 0.358 e. The molecule has 23 heavy (non-hydrogen) atoms. The van der Waals surface area contributed by atoms with Crippen molar-refractivity contribution < 1.29 is 13.2 Å². The fourth-order valence-electron chi connectivity index (χ4n) is 1.72. The zero-order valence-electron chi connectivity index (χ0n) is 13.1. The Hall–Kier alpha value is -0.830. The summed E-state index contributed by atoms with van der Waals surface area (Å²) in [7, 11) is -3.36. The molecule has 0 saturated carbocycles. The van der Waals surface area contributed by atoms with Gasteiger partial charge in [0.05, 0.1) is 21.4 Å². The number of sulfone groups is 1. The van der Waals surface area contributed by atoms with E-state index >= 15 is 0 Å². The van der Waals surface area contributed by atoms with Gasteiger partial charge in [0, 0.05) is 19.3 Å². The zero-order valence-corrected chi connectivity index (χ0v) is 16.3. The van der Waals surface area contributed by atoms with Crippen molar-refractivity contribution in [1.82, 2.24) is 4.90 Å². The number of benzene rings is 1. The van der Waals surface area contributed by atoms with Gasteiger partial charge in [-0.05, 0) is 32.0 Å². The third-order valence-corrected chi connectivity index (χ3v) is 5.95. The van der Waals surface area contributed by atoms with E-state index in [4.69, 9.17) is 23.8 Å². The Morgan fingerprint density at radius 3 is 2.48 bits per heavy atom. The minimum absolute atomic E-state index is 0.100. The maximum atomic E-state index is 12.0. The van der Waals surface area contributed by atoms with Gasteiger partial charge >= 0.3 is 0 Å². The van der Waals surface area contributed by atoms with Gasteiger partial charge in [0.15, 0.2) is 9.84 Å². The van der Waals surface area contributed by atoms with Crippen molar-refractivity contribution in [3.63, 3.8) is 0 Å². The first-order chi connectivity index (χ1) is 10.7. The highest BCUT2D eigenvalue weighted by atomic mass is 35.5. The van der Waals surface area contributed by atoms with E-state index in [-0.39, 0.29) is 27.3 Å². The van der Waals surface area contributed by atoms with Crippen molar-refractivity contribution in [3.05, 3.63) is 23.2 Å². The number of rotatable bonds is 6. The molecule has 1 aromatic rings. The van der Waals surface area contributed by atoms with Crippen LogP contribution in [0.3, 0.4) is 0 Å². The first-order valence-electron chi connectivity index (χ1n) is 6.90. The fourth-order valence-corrected chi connectivity index (χ4v) is 3.73. The third kappa shape index (κ3) is 6.29. The first kappa shape index (κ1) is 20.2. The summed E-state index contributed by atoms with van der Waals surface area (Å²) in [6, 6.07) is 4.20. The van der Waals surface area contributed by atoms with Gasteiger partial charge in [-0.15, -0.1) is 0 Å². The Labute approximate surface area is 151 Å². The highest BCUT2D eigenvalue weighted by molar-refractivity contribution is 8.23. The highest BCUT2D eigenvalue weighted by Gasteiger charge is 2.14. The molecule has 0 fully saturated rings. The summed E-state index contributed by atoms with van der Waals surface area (Å²) in [4.78, 5) is 14.1. The number of anilines is 1. The molecule has 0 aliphatic heterocycles. The number of carbonyl (C=O) groups is 1. The fraction of sp³-hybridized carbons (Fsp3) is 0.429. The molecule has 5 nitrogen and oxygen atoms in total. The number of nitrogens with zero attached hydrogens (tertiary/aromatic N) is 1. The molecule has 1 aromatic carbocycles. The number of carbonyl (C=O) groups excluding carboxylic acids is 1. The Bertz CT molecular complexity index is 689. The van der Waals surface area contributed by atoms with Crippen LogP contribution in [0.2, 0.25) is 5.02 Å². The summed E-state index contributed by atoms with van der Waals surface area (Å²) in [5, 5.41) is 2.90. The van der Waals surface area contributed by atoms with Gasteiger partial charge in [0.1, 0.15) is 4.32 Å². The molecule has 1 amide bonds. The van der Waals surface area contributed by atoms with Crippen LogP contribution in [0.15, 0.2) is 23.1 Å². The number of amides is 1. The number of hydrogen-bond acceptors (Lipinski definition) is 5. The summed E-state index contributed by atoms with van der Waals surface area (Å²) in [6.45, 7) is 5.55. The Morgan fingerprint density at radius 1 is 1.35 bits per heavy atom. The molecule has 0 saturated heterocycles. The molecule has 0 aliphatic rings. The summed E-state index contributed by atoms with van der Waals surface area (Å²) >= 11 is 12.5. The van der Waals surface area contributed by atoms with Crippen LogP contribution in [0.1, 0.15) is 13.8 Å². The topological polar surface area (TPSA) is 66.5 Å². The van der Waals surface area contributed by atoms with Gasteiger partial charge in [-0.2, -0.15) is 0 Å². The maximum absolute atomic E-state index is 12.0. The molecular formula is C14H19ClN2O3S3. The van der Waals surface area contributed by atoms with Crippen LogP contribution in [0.5, 0.6) is 0 Å². The number of halogens is 1. The number of thiocarbonyl (C=S) groups is 1. The standard InChI is InChI=1S/C14H19ClN2O3S3/c1-4-17(5-2)14(21)22-9-13(18)16-12-8-10(23(3,19)20)6-7-11(12)15/h6-8H,4-5,9H2,1-3H3,(H,16,18). The maximum Gasteiger partial charge on any atom is 0.234 e. The lowest BCUT2D eigenvalue weighted by Crippen LogP contribution is -2.28. The van der Waals surface area contributed by atoms with Crippen LogP contribution < -0.4 is 5.32 Å². The lowest BCUT2D eigenvalue weighted by molar-refractivity contribution is -0.113. The summed E-state index contributed by atoms with van der Waals surface area (Å²) in [6.07, 6.45) is 1.10. The Morgan fingerprint density at radius 2 is 1.96 bits per heavy atom. The minimum atomic E-state index is -3.36. The molecule has 0 radical (unpaired) electrons. The van der Waals surface area contributed by atoms with E-state index in [1.807, 2.05) is 18.7 Å². The predicted molar refractivity (Wildman–Crippen MR) is 101 cm³/mol. The van der Waals surface area contributed by atoms with Gasteiger partial charge in [0.2, 0.25) is 5.91 Å². The second-order valence-electron chi connectivity index (χ2n) is 4.69. The van der Waals surface area contributed by atoms with Crippen molar-refractivity contribution in [2.75, 3.05) is 30.4 Å². The monoisotopic (exact) mass is 394 g/mol. The van der Waals surface area contributed by atoms with E-state index in [1.54, 1.807) is 0 Å². The van der Waals surface area contributed by atoms with Gasteiger partial charge in [0.25, 0.3) is 0 Å². The molecule has 0 bridgehead atoms. The molecule has 1 N–H and O–H groups in total. The molecule has 0 aromatic heterocycles. The Balaban J connectivity index is 2.73. The molecule has 0 atom stereocenters. The molecule has 0 heterocycles. The summed E-state index contributed by atoms with van der Waals surface area (Å²) < 4.78 is 23.8. The average molecular weight is 395 g/mol. The van der Waals surface area contributed by atoms with E-state index in [9.17, 15) is 13.2 Å². The second kappa shape index (κ2) is 8.86. The number of nitrogens with one attached hydrogen (secondary N) is 1. The van der Waals surface area contributed by atoms with Gasteiger partial charge in [-0.25, -0.2) is 8.42 Å². The second-order valence-corrected chi connectivity index (χ2v) is 8.72. The quantitative estimate of drug-likeness (QED) is 0.748. The molecule has 0 spiro atoms. The van der Waals surface area contributed by atoms with Crippen molar-refractivity contribution in [1.29, 1.82) is 0 Å². The molecule has 9 heteroatoms. The van der Waals surface area contributed by atoms with Crippen LogP contribution in [-0.2, 0) is 14.6 Å². The Kier molecular flexibility index (Phi) is 7.79. The van der Waals surface area contributed by atoms with Gasteiger partial charge < -0.3 is 10.2 Å². The van der Waals surface area contributed by atoms with Gasteiger partial charge in [-0.1, -0.05) is 35.6 Å². The molecule has 0 unspecified atom stereocenters. The first-order valence-corrected chi connectivity index (χ1v) is 10.6. The van der Waals surface area contributed by atoms with E-state index in [0.717, 1.165) is 19.3 Å². The van der Waals surface area contributed by atoms with E-state index in [2.05, 4.69) is 5.32 Å². The third-order valence-electron chi connectivity index (χ3n) is 2.99. The molecule has 128 valence electrons. The molecule has 1 rings (SSSR count). The molecule has 0 aliphatic carbocycles.